The van der Waals surface area contributed by atoms with Crippen LogP contribution in [0.1, 0.15) is 25.0 Å². The van der Waals surface area contributed by atoms with Crippen LogP contribution in [0.15, 0.2) is 243 Å². The Kier molecular flexibility index (Phi) is 8.91. The number of anilines is 3. The van der Waals surface area contributed by atoms with Gasteiger partial charge in [-0.1, -0.05) is 190 Å². The molecule has 316 valence electrons. The Morgan fingerprint density at radius 1 is 0.328 bits per heavy atom. The molecule has 2 heteroatoms. The van der Waals surface area contributed by atoms with Gasteiger partial charge in [0.15, 0.2) is 0 Å². The summed E-state index contributed by atoms with van der Waals surface area (Å²) < 4.78 is 2.45. The Labute approximate surface area is 391 Å². The molecule has 1 aliphatic carbocycles. The maximum Gasteiger partial charge on any atom is 0.0547 e. The first kappa shape index (κ1) is 39.0. The Morgan fingerprint density at radius 3 is 1.37 bits per heavy atom. The minimum atomic E-state index is -0.233. The highest BCUT2D eigenvalue weighted by Crippen LogP contribution is 2.52. The molecule has 2 nitrogen and oxygen atoms in total. The van der Waals surface area contributed by atoms with E-state index in [1.165, 1.54) is 105 Å². The monoisotopic (exact) mass is 854 g/mol. The summed E-state index contributed by atoms with van der Waals surface area (Å²) in [5.41, 5.74) is 21.9. The Balaban J connectivity index is 0.889. The third kappa shape index (κ3) is 6.32. The van der Waals surface area contributed by atoms with E-state index in [9.17, 15) is 0 Å². The van der Waals surface area contributed by atoms with E-state index >= 15 is 0 Å². The second-order valence-corrected chi connectivity index (χ2v) is 18.5. The van der Waals surface area contributed by atoms with Gasteiger partial charge in [-0.05, 0) is 144 Å². The summed E-state index contributed by atoms with van der Waals surface area (Å²) in [6, 6.07) is 89.2. The van der Waals surface area contributed by atoms with Crippen molar-refractivity contribution < 1.29 is 0 Å². The maximum atomic E-state index is 2.47. The van der Waals surface area contributed by atoms with Gasteiger partial charge >= 0.3 is 0 Å². The molecule has 11 aromatic carbocycles. The lowest BCUT2D eigenvalue weighted by atomic mass is 9.81. The molecular weight excluding hydrogens is 809 g/mol. The van der Waals surface area contributed by atoms with Gasteiger partial charge in [0, 0.05) is 38.9 Å². The van der Waals surface area contributed by atoms with Crippen LogP contribution in [0.3, 0.4) is 0 Å². The average molecular weight is 855 g/mol. The number of rotatable bonds is 8. The molecule has 0 radical (unpaired) electrons. The highest BCUT2D eigenvalue weighted by molar-refractivity contribution is 6.26. The van der Waals surface area contributed by atoms with Crippen molar-refractivity contribution >= 4 is 49.6 Å². The van der Waals surface area contributed by atoms with Gasteiger partial charge in [0.2, 0.25) is 0 Å². The summed E-state index contributed by atoms with van der Waals surface area (Å²) in [6.45, 7) is 4.80. The zero-order chi connectivity index (χ0) is 44.6. The largest absolute Gasteiger partial charge is 0.310 e. The molecule has 0 saturated heterocycles. The first-order chi connectivity index (χ1) is 33.0. The molecule has 0 amide bonds. The first-order valence-corrected chi connectivity index (χ1v) is 23.3. The van der Waals surface area contributed by atoms with Gasteiger partial charge in [-0.25, -0.2) is 0 Å². The molecular formula is C65H46N2. The van der Waals surface area contributed by atoms with Crippen LogP contribution in [0.25, 0.3) is 93.9 Å². The summed E-state index contributed by atoms with van der Waals surface area (Å²) in [5, 5.41) is 5.18. The summed E-state index contributed by atoms with van der Waals surface area (Å²) in [4.78, 5) is 2.41. The van der Waals surface area contributed by atoms with Crippen molar-refractivity contribution in [2.45, 2.75) is 19.3 Å². The fourth-order valence-corrected chi connectivity index (χ4v) is 11.0. The van der Waals surface area contributed by atoms with Crippen LogP contribution < -0.4 is 4.90 Å². The summed E-state index contributed by atoms with van der Waals surface area (Å²) in [5.74, 6) is 0. The Morgan fingerprint density at radius 2 is 0.791 bits per heavy atom. The van der Waals surface area contributed by atoms with Crippen LogP contribution in [0, 0.1) is 0 Å². The number of fused-ring (bicyclic) bond motifs is 3. The molecule has 12 aromatic rings. The van der Waals surface area contributed by atoms with Gasteiger partial charge in [-0.2, -0.15) is 0 Å². The fourth-order valence-electron chi connectivity index (χ4n) is 11.0. The molecule has 0 unspecified atom stereocenters. The molecule has 0 bridgehead atoms. The van der Waals surface area contributed by atoms with Gasteiger partial charge in [-0.3, -0.25) is 0 Å². The zero-order valence-electron chi connectivity index (χ0n) is 37.5. The maximum absolute atomic E-state index is 2.47. The summed E-state index contributed by atoms with van der Waals surface area (Å²) in [7, 11) is 0. The van der Waals surface area contributed by atoms with E-state index < -0.39 is 0 Å². The molecule has 13 rings (SSSR count). The van der Waals surface area contributed by atoms with E-state index in [0.29, 0.717) is 0 Å². The molecule has 67 heavy (non-hydrogen) atoms. The number of aromatic nitrogens is 1. The lowest BCUT2D eigenvalue weighted by Crippen LogP contribution is -2.16. The van der Waals surface area contributed by atoms with Gasteiger partial charge in [-0.15, -0.1) is 0 Å². The van der Waals surface area contributed by atoms with Crippen LogP contribution >= 0.6 is 0 Å². The zero-order valence-corrected chi connectivity index (χ0v) is 37.5. The van der Waals surface area contributed by atoms with Crippen LogP contribution in [0.2, 0.25) is 0 Å². The molecule has 0 aliphatic heterocycles. The van der Waals surface area contributed by atoms with Crippen molar-refractivity contribution in [3.63, 3.8) is 0 Å². The minimum absolute atomic E-state index is 0.233. The highest BCUT2D eigenvalue weighted by atomic mass is 15.1. The number of hydrogen-bond donors (Lipinski definition) is 0. The normalized spacial score (nSPS) is 12.7. The van der Waals surface area contributed by atoms with E-state index in [-0.39, 0.29) is 5.41 Å². The third-order valence-electron chi connectivity index (χ3n) is 14.4. The van der Waals surface area contributed by atoms with Crippen molar-refractivity contribution in [3.05, 3.63) is 254 Å². The second kappa shape index (κ2) is 15.3. The average Bonchev–Trinajstić information content (AvgIpc) is 3.85. The third-order valence-corrected chi connectivity index (χ3v) is 14.4. The SMILES string of the molecule is CC1(C)c2cc(-c3ccc4c5c3ccc3cccc(c35)n4-c3ccc(-c4ccccc4)cc3)ccc2-c2ccc(N(c3ccc(-c4ccccc4)cc3)c3ccc(-c4ccccc4)cc3)cc21. The quantitative estimate of drug-likeness (QED) is 0.138. The molecule has 0 saturated carbocycles. The Hall–Kier alpha value is -8.46. The van der Waals surface area contributed by atoms with Crippen molar-refractivity contribution in [2.24, 2.45) is 0 Å². The van der Waals surface area contributed by atoms with Crippen molar-refractivity contribution in [3.8, 4) is 61.3 Å². The van der Waals surface area contributed by atoms with Crippen LogP contribution in [0.5, 0.6) is 0 Å². The van der Waals surface area contributed by atoms with E-state index in [1.807, 2.05) is 0 Å². The Bertz CT molecular complexity index is 3690. The molecule has 1 aliphatic rings. The van der Waals surface area contributed by atoms with Crippen molar-refractivity contribution in [2.75, 3.05) is 4.90 Å². The fraction of sp³-hybridized carbons (Fsp3) is 0.0462. The van der Waals surface area contributed by atoms with Gasteiger partial charge in [0.05, 0.1) is 11.0 Å². The molecule has 0 fully saturated rings. The number of nitrogens with zero attached hydrogens (tertiary/aromatic N) is 2. The summed E-state index contributed by atoms with van der Waals surface area (Å²) in [6.07, 6.45) is 0. The van der Waals surface area contributed by atoms with Crippen LogP contribution in [-0.4, -0.2) is 4.57 Å². The highest BCUT2D eigenvalue weighted by Gasteiger charge is 2.36. The topological polar surface area (TPSA) is 8.17 Å². The predicted octanol–water partition coefficient (Wildman–Crippen LogP) is 17.8. The number of benzene rings is 11. The lowest BCUT2D eigenvalue weighted by molar-refractivity contribution is 0.660. The van der Waals surface area contributed by atoms with Crippen molar-refractivity contribution in [1.82, 2.24) is 4.57 Å². The molecule has 0 N–H and O–H groups in total. The molecule has 1 heterocycles. The predicted molar refractivity (Wildman–Crippen MR) is 283 cm³/mol. The molecule has 0 atom stereocenters. The summed E-state index contributed by atoms with van der Waals surface area (Å²) >= 11 is 0. The standard InChI is InChI=1S/C65H46N2/c1-65(2)59-41-50(55-39-40-62-64-58(55)37-27-49-19-12-20-61(63(49)64)67(62)53-33-25-48(26-34-53)45-17-10-5-11-18-45)28-36-56(59)57-38-35-54(42-60(57)65)66(51-29-21-46(22-30-51)43-13-6-3-7-14-43)52-31-23-47(24-32-52)44-15-8-4-9-16-44/h3-42H,1-2H3. The minimum Gasteiger partial charge on any atom is -0.310 e. The van der Waals surface area contributed by atoms with Crippen LogP contribution in [0.4, 0.5) is 17.1 Å². The van der Waals surface area contributed by atoms with Gasteiger partial charge in [0.25, 0.3) is 0 Å². The van der Waals surface area contributed by atoms with E-state index in [0.717, 1.165) is 17.1 Å². The van der Waals surface area contributed by atoms with Crippen LogP contribution in [-0.2, 0) is 5.41 Å². The number of hydrogen-bond acceptors (Lipinski definition) is 1. The van der Waals surface area contributed by atoms with Gasteiger partial charge in [0.1, 0.15) is 0 Å². The molecule has 1 aromatic heterocycles. The van der Waals surface area contributed by atoms with E-state index in [1.54, 1.807) is 0 Å². The van der Waals surface area contributed by atoms with E-state index in [2.05, 4.69) is 266 Å². The molecule has 0 spiro atoms. The van der Waals surface area contributed by atoms with E-state index in [4.69, 9.17) is 0 Å². The lowest BCUT2D eigenvalue weighted by Gasteiger charge is -2.28. The van der Waals surface area contributed by atoms with Gasteiger partial charge < -0.3 is 9.47 Å². The van der Waals surface area contributed by atoms with Crippen molar-refractivity contribution in [1.29, 1.82) is 0 Å². The second-order valence-electron chi connectivity index (χ2n) is 18.5. The smallest absolute Gasteiger partial charge is 0.0547 e. The first-order valence-electron chi connectivity index (χ1n) is 23.3.